The normalized spacial score (nSPS) is 12.0. The quantitative estimate of drug-likeness (QED) is 0.188. The Hall–Kier alpha value is -6.36. The molecule has 4 heteroatoms. The first kappa shape index (κ1) is 27.6. The number of furan rings is 1. The van der Waals surface area contributed by atoms with Gasteiger partial charge in [0.25, 0.3) is 0 Å². The van der Waals surface area contributed by atoms with Gasteiger partial charge in [0, 0.05) is 58.8 Å². The molecular weight excluding hydrogens is 629 g/mol. The zero-order valence-electron chi connectivity index (χ0n) is 26.9. The Kier molecular flexibility index (Phi) is 5.83. The van der Waals surface area contributed by atoms with Gasteiger partial charge in [0.1, 0.15) is 11.2 Å². The lowest BCUT2D eigenvalue weighted by atomic mass is 10.0. The fourth-order valence-corrected chi connectivity index (χ4v) is 9.07. The molecule has 8 aromatic carbocycles. The molecule has 0 unspecified atom stereocenters. The molecule has 50 heavy (non-hydrogen) atoms. The largest absolute Gasteiger partial charge is 0.456 e. The van der Waals surface area contributed by atoms with Crippen molar-refractivity contribution in [3.63, 3.8) is 0 Å². The van der Waals surface area contributed by atoms with Crippen molar-refractivity contribution in [3.05, 3.63) is 170 Å². The highest BCUT2D eigenvalue weighted by molar-refractivity contribution is 7.26. The third-order valence-corrected chi connectivity index (χ3v) is 11.2. The van der Waals surface area contributed by atoms with Gasteiger partial charge >= 0.3 is 0 Å². The van der Waals surface area contributed by atoms with Crippen molar-refractivity contribution < 1.29 is 4.42 Å². The zero-order valence-corrected chi connectivity index (χ0v) is 27.7. The van der Waals surface area contributed by atoms with Crippen LogP contribution in [0.3, 0.4) is 0 Å². The van der Waals surface area contributed by atoms with Crippen LogP contribution in [-0.2, 0) is 0 Å². The lowest BCUT2D eigenvalue weighted by Gasteiger charge is -2.27. The van der Waals surface area contributed by atoms with Gasteiger partial charge in [-0.05, 0) is 89.6 Å². The number of hydrogen-bond donors (Lipinski definition) is 0. The topological polar surface area (TPSA) is 21.3 Å². The molecule has 0 bridgehead atoms. The third-order valence-electron chi connectivity index (χ3n) is 10.1. The van der Waals surface area contributed by atoms with E-state index in [2.05, 4.69) is 167 Å². The molecule has 0 N–H and O–H groups in total. The Balaban J connectivity index is 1.24. The summed E-state index contributed by atoms with van der Waals surface area (Å²) in [6.07, 6.45) is 0. The van der Waals surface area contributed by atoms with Crippen molar-refractivity contribution in [1.29, 1.82) is 0 Å². The molecule has 0 aliphatic heterocycles. The maximum atomic E-state index is 6.29. The van der Waals surface area contributed by atoms with Crippen molar-refractivity contribution in [2.45, 2.75) is 0 Å². The highest BCUT2D eigenvalue weighted by atomic mass is 32.1. The summed E-state index contributed by atoms with van der Waals surface area (Å²) in [5.74, 6) is 0. The van der Waals surface area contributed by atoms with E-state index in [1.54, 1.807) is 0 Å². The molecule has 0 saturated carbocycles. The van der Waals surface area contributed by atoms with Crippen molar-refractivity contribution in [2.24, 2.45) is 0 Å². The molecule has 3 nitrogen and oxygen atoms in total. The van der Waals surface area contributed by atoms with Gasteiger partial charge in [-0.2, -0.15) is 0 Å². The molecule has 11 rings (SSSR count). The van der Waals surface area contributed by atoms with Gasteiger partial charge in [0.15, 0.2) is 0 Å². The number of nitrogens with zero attached hydrogens (tertiary/aromatic N) is 2. The van der Waals surface area contributed by atoms with E-state index in [1.807, 2.05) is 23.5 Å². The Bertz CT molecular complexity index is 3110. The number of anilines is 3. The maximum Gasteiger partial charge on any atom is 0.135 e. The molecule has 0 spiro atoms. The number of rotatable bonds is 4. The Labute approximate surface area is 291 Å². The minimum atomic E-state index is 0.889. The van der Waals surface area contributed by atoms with Crippen LogP contribution in [0.15, 0.2) is 174 Å². The zero-order chi connectivity index (χ0) is 32.8. The number of thiophene rings is 1. The SMILES string of the molecule is c1ccc(-n2c3ccccc3c3ccc(N(c4ccc5oc6ccccc6c5c4)c4cccc5sc6cc7ccccc7cc6c45)cc32)cc1. The van der Waals surface area contributed by atoms with E-state index in [1.165, 1.54) is 52.8 Å². The van der Waals surface area contributed by atoms with Gasteiger partial charge in [-0.15, -0.1) is 11.3 Å². The molecule has 3 heterocycles. The average molecular weight is 657 g/mol. The number of benzene rings is 8. The summed E-state index contributed by atoms with van der Waals surface area (Å²) in [6.45, 7) is 0. The Morgan fingerprint density at radius 1 is 0.440 bits per heavy atom. The molecular formula is C46H28N2OS. The van der Waals surface area contributed by atoms with Crippen LogP contribution in [0.1, 0.15) is 0 Å². The summed E-state index contributed by atoms with van der Waals surface area (Å²) in [7, 11) is 0. The molecule has 3 aromatic heterocycles. The highest BCUT2D eigenvalue weighted by Gasteiger charge is 2.22. The van der Waals surface area contributed by atoms with Crippen LogP contribution in [-0.4, -0.2) is 4.57 Å². The van der Waals surface area contributed by atoms with Gasteiger partial charge in [-0.3, -0.25) is 0 Å². The standard InChI is InChI=1S/C46H28N2OS/c1-2-13-31(14-3-1)48-39-17-8-6-15-34(39)35-23-21-33(28-41(35)48)47(32-22-24-43-37(27-32)36-16-7-9-19-42(36)49-43)40-18-10-20-44-46(40)38-25-29-11-4-5-12-30(29)26-45(38)50-44/h1-28H. The van der Waals surface area contributed by atoms with Crippen molar-refractivity contribution in [1.82, 2.24) is 4.57 Å². The van der Waals surface area contributed by atoms with Crippen LogP contribution in [0.25, 0.3) is 80.4 Å². The molecule has 0 aliphatic carbocycles. The molecule has 234 valence electrons. The van der Waals surface area contributed by atoms with E-state index in [9.17, 15) is 0 Å². The summed E-state index contributed by atoms with van der Waals surface area (Å²) in [6, 6.07) is 61.4. The van der Waals surface area contributed by atoms with E-state index >= 15 is 0 Å². The smallest absolute Gasteiger partial charge is 0.135 e. The van der Waals surface area contributed by atoms with Crippen LogP contribution < -0.4 is 4.90 Å². The van der Waals surface area contributed by atoms with Crippen LogP contribution in [0.4, 0.5) is 17.1 Å². The minimum absolute atomic E-state index is 0.889. The summed E-state index contributed by atoms with van der Waals surface area (Å²) in [5.41, 5.74) is 8.63. The van der Waals surface area contributed by atoms with Crippen LogP contribution in [0.2, 0.25) is 0 Å². The van der Waals surface area contributed by atoms with E-state index in [0.29, 0.717) is 0 Å². The van der Waals surface area contributed by atoms with Crippen LogP contribution in [0, 0.1) is 0 Å². The van der Waals surface area contributed by atoms with Crippen LogP contribution in [0.5, 0.6) is 0 Å². The average Bonchev–Trinajstić information content (AvgIpc) is 3.83. The predicted octanol–water partition coefficient (Wildman–Crippen LogP) is 13.7. The monoisotopic (exact) mass is 656 g/mol. The molecule has 0 amide bonds. The third kappa shape index (κ3) is 4.03. The van der Waals surface area contributed by atoms with Crippen molar-refractivity contribution >= 4 is 103 Å². The lowest BCUT2D eigenvalue weighted by molar-refractivity contribution is 0.669. The predicted molar refractivity (Wildman–Crippen MR) is 213 cm³/mol. The second-order valence-corrected chi connectivity index (χ2v) is 14.0. The number of fused-ring (bicyclic) bond motifs is 10. The fourth-order valence-electron chi connectivity index (χ4n) is 7.91. The highest BCUT2D eigenvalue weighted by Crippen LogP contribution is 2.47. The van der Waals surface area contributed by atoms with E-state index in [0.717, 1.165) is 44.7 Å². The first-order valence-corrected chi connectivity index (χ1v) is 17.7. The Morgan fingerprint density at radius 3 is 2.04 bits per heavy atom. The lowest BCUT2D eigenvalue weighted by Crippen LogP contribution is -2.10. The molecule has 0 saturated heterocycles. The minimum Gasteiger partial charge on any atom is -0.456 e. The summed E-state index contributed by atoms with van der Waals surface area (Å²) in [4.78, 5) is 2.44. The van der Waals surface area contributed by atoms with Crippen molar-refractivity contribution in [3.8, 4) is 5.69 Å². The summed E-state index contributed by atoms with van der Waals surface area (Å²) >= 11 is 1.86. The van der Waals surface area contributed by atoms with Gasteiger partial charge < -0.3 is 13.9 Å². The van der Waals surface area contributed by atoms with Gasteiger partial charge in [-0.25, -0.2) is 0 Å². The fraction of sp³-hybridized carbons (Fsp3) is 0. The molecule has 0 fully saturated rings. The Morgan fingerprint density at radius 2 is 1.14 bits per heavy atom. The molecule has 0 atom stereocenters. The van der Waals surface area contributed by atoms with Crippen molar-refractivity contribution in [2.75, 3.05) is 4.90 Å². The van der Waals surface area contributed by atoms with Crippen LogP contribution >= 0.6 is 11.3 Å². The molecule has 11 aromatic rings. The second kappa shape index (κ2) is 10.6. The first-order valence-electron chi connectivity index (χ1n) is 16.9. The molecule has 0 radical (unpaired) electrons. The van der Waals surface area contributed by atoms with E-state index in [4.69, 9.17) is 4.42 Å². The van der Waals surface area contributed by atoms with Gasteiger partial charge in [0.05, 0.1) is 16.7 Å². The van der Waals surface area contributed by atoms with Gasteiger partial charge in [0.2, 0.25) is 0 Å². The van der Waals surface area contributed by atoms with E-state index in [-0.39, 0.29) is 0 Å². The number of aromatic nitrogens is 1. The first-order chi connectivity index (χ1) is 24.8. The summed E-state index contributed by atoms with van der Waals surface area (Å²) in [5, 5.41) is 9.76. The van der Waals surface area contributed by atoms with E-state index < -0.39 is 0 Å². The van der Waals surface area contributed by atoms with Gasteiger partial charge in [-0.1, -0.05) is 91.0 Å². The number of para-hydroxylation sites is 3. The maximum absolute atomic E-state index is 6.29. The second-order valence-electron chi connectivity index (χ2n) is 13.0. The summed E-state index contributed by atoms with van der Waals surface area (Å²) < 4.78 is 11.2. The number of hydrogen-bond acceptors (Lipinski definition) is 3. The molecule has 0 aliphatic rings.